The van der Waals surface area contributed by atoms with Gasteiger partial charge in [-0.15, -0.1) is 0 Å². The third-order valence-electron chi connectivity index (χ3n) is 6.01. The highest BCUT2D eigenvalue weighted by Gasteiger charge is 2.52. The molecule has 25 heavy (non-hydrogen) atoms. The van der Waals surface area contributed by atoms with Gasteiger partial charge in [-0.25, -0.2) is 0 Å². The summed E-state index contributed by atoms with van der Waals surface area (Å²) in [7, 11) is 0. The van der Waals surface area contributed by atoms with Crippen molar-refractivity contribution in [2.45, 2.75) is 52.4 Å². The summed E-state index contributed by atoms with van der Waals surface area (Å²) in [6.45, 7) is 8.08. The number of hydrogen-bond acceptors (Lipinski definition) is 3. The van der Waals surface area contributed by atoms with Gasteiger partial charge < -0.3 is 4.90 Å². The van der Waals surface area contributed by atoms with Crippen LogP contribution in [0.4, 0.5) is 0 Å². The van der Waals surface area contributed by atoms with Crippen LogP contribution in [0.25, 0.3) is 0 Å². The van der Waals surface area contributed by atoms with Crippen LogP contribution in [0.3, 0.4) is 0 Å². The fourth-order valence-electron chi connectivity index (χ4n) is 4.37. The number of rotatable bonds is 7. The molecule has 1 unspecified atom stereocenters. The van der Waals surface area contributed by atoms with Gasteiger partial charge in [-0.3, -0.25) is 14.5 Å². The van der Waals surface area contributed by atoms with E-state index in [1.165, 1.54) is 11.1 Å². The van der Waals surface area contributed by atoms with E-state index in [2.05, 4.69) is 36.9 Å². The van der Waals surface area contributed by atoms with Gasteiger partial charge in [0.2, 0.25) is 11.8 Å². The molecule has 1 aromatic rings. The van der Waals surface area contributed by atoms with Crippen molar-refractivity contribution in [1.82, 2.24) is 9.80 Å². The summed E-state index contributed by atoms with van der Waals surface area (Å²) >= 11 is 0. The van der Waals surface area contributed by atoms with Crippen molar-refractivity contribution in [2.75, 3.05) is 26.2 Å². The van der Waals surface area contributed by atoms with Crippen LogP contribution < -0.4 is 0 Å². The van der Waals surface area contributed by atoms with E-state index >= 15 is 0 Å². The molecule has 2 amide bonds. The molecule has 0 saturated carbocycles. The van der Waals surface area contributed by atoms with Crippen LogP contribution in [0.1, 0.15) is 50.7 Å². The van der Waals surface area contributed by atoms with Crippen molar-refractivity contribution < 1.29 is 9.59 Å². The van der Waals surface area contributed by atoms with Crippen LogP contribution in [0, 0.1) is 5.41 Å². The van der Waals surface area contributed by atoms with Gasteiger partial charge in [0.15, 0.2) is 0 Å². The summed E-state index contributed by atoms with van der Waals surface area (Å²) in [6, 6.07) is 8.35. The molecule has 1 aromatic carbocycles. The van der Waals surface area contributed by atoms with Crippen molar-refractivity contribution in [3.05, 3.63) is 35.4 Å². The second kappa shape index (κ2) is 7.69. The van der Waals surface area contributed by atoms with E-state index in [1.807, 2.05) is 6.07 Å². The van der Waals surface area contributed by atoms with Crippen LogP contribution in [0.2, 0.25) is 0 Å². The molecule has 1 fully saturated rings. The van der Waals surface area contributed by atoms with Crippen LogP contribution in [-0.4, -0.2) is 47.8 Å². The number of carbonyl (C=O) groups excluding carboxylic acids is 2. The second-order valence-electron chi connectivity index (χ2n) is 7.49. The van der Waals surface area contributed by atoms with E-state index < -0.39 is 5.41 Å². The molecule has 136 valence electrons. The van der Waals surface area contributed by atoms with Gasteiger partial charge in [-0.1, -0.05) is 38.1 Å². The number of nitrogens with zero attached hydrogens (tertiary/aromatic N) is 2. The molecule has 0 radical (unpaired) electrons. The Hall–Kier alpha value is -1.68. The number of likely N-dealkylation sites (tertiary alicyclic amines) is 1. The van der Waals surface area contributed by atoms with Gasteiger partial charge >= 0.3 is 0 Å². The Bertz CT molecular complexity index is 639. The number of hydrogen-bond donors (Lipinski definition) is 0. The molecule has 4 heteroatoms. The highest BCUT2D eigenvalue weighted by Crippen LogP contribution is 2.44. The Morgan fingerprint density at radius 1 is 1.04 bits per heavy atom. The van der Waals surface area contributed by atoms with Crippen molar-refractivity contribution in [3.63, 3.8) is 0 Å². The largest absolute Gasteiger partial charge is 0.304 e. The monoisotopic (exact) mass is 342 g/mol. The van der Waals surface area contributed by atoms with Gasteiger partial charge in [-0.05, 0) is 62.9 Å². The number of benzene rings is 1. The molecular formula is C21H30N2O2. The number of amides is 2. The first-order chi connectivity index (χ1) is 12.1. The summed E-state index contributed by atoms with van der Waals surface area (Å²) in [5, 5.41) is 0. The molecule has 1 spiro atoms. The normalized spacial score (nSPS) is 22.9. The molecule has 4 nitrogen and oxygen atoms in total. The Balaban J connectivity index is 1.59. The highest BCUT2D eigenvalue weighted by molar-refractivity contribution is 6.06. The van der Waals surface area contributed by atoms with E-state index in [1.54, 1.807) is 4.90 Å². The molecule has 0 aromatic heterocycles. The zero-order chi connectivity index (χ0) is 17.9. The predicted octanol–water partition coefficient (Wildman–Crippen LogP) is 3.04. The molecule has 1 atom stereocenters. The lowest BCUT2D eigenvalue weighted by molar-refractivity contribution is -0.141. The quantitative estimate of drug-likeness (QED) is 0.565. The molecule has 1 heterocycles. The summed E-state index contributed by atoms with van der Waals surface area (Å²) in [6.07, 6.45) is 4.78. The fraction of sp³-hybridized carbons (Fsp3) is 0.619. The first-order valence-electron chi connectivity index (χ1n) is 9.73. The van der Waals surface area contributed by atoms with Gasteiger partial charge in [0.05, 0.1) is 5.41 Å². The first kappa shape index (κ1) is 18.1. The lowest BCUT2D eigenvalue weighted by Gasteiger charge is -2.32. The zero-order valence-corrected chi connectivity index (χ0v) is 15.6. The van der Waals surface area contributed by atoms with Gasteiger partial charge in [0, 0.05) is 13.0 Å². The minimum Gasteiger partial charge on any atom is -0.304 e. The molecule has 1 aliphatic heterocycles. The van der Waals surface area contributed by atoms with Crippen molar-refractivity contribution in [1.29, 1.82) is 0 Å². The summed E-state index contributed by atoms with van der Waals surface area (Å²) in [4.78, 5) is 29.5. The van der Waals surface area contributed by atoms with E-state index in [0.717, 1.165) is 51.7 Å². The van der Waals surface area contributed by atoms with Crippen LogP contribution in [0.5, 0.6) is 0 Å². The number of carbonyl (C=O) groups is 2. The van der Waals surface area contributed by atoms with Crippen molar-refractivity contribution in [2.24, 2.45) is 5.41 Å². The maximum atomic E-state index is 13.0. The summed E-state index contributed by atoms with van der Waals surface area (Å²) in [5.41, 5.74) is 2.12. The average molecular weight is 342 g/mol. The minimum absolute atomic E-state index is 0.0345. The molecular weight excluding hydrogens is 312 g/mol. The van der Waals surface area contributed by atoms with E-state index in [9.17, 15) is 9.59 Å². The third kappa shape index (κ3) is 3.64. The average Bonchev–Trinajstić information content (AvgIpc) is 2.85. The number of unbranched alkanes of at least 4 members (excludes halogenated alkanes) is 1. The lowest BCUT2D eigenvalue weighted by atomic mass is 9.70. The third-order valence-corrected chi connectivity index (χ3v) is 6.01. The smallest absolute Gasteiger partial charge is 0.236 e. The summed E-state index contributed by atoms with van der Waals surface area (Å²) < 4.78 is 0. The van der Waals surface area contributed by atoms with Crippen LogP contribution in [-0.2, 0) is 22.4 Å². The standard InChI is InChI=1S/C21H30N2O2/c1-3-22(4-2)13-7-8-14-23-19(24)16-21(20(23)25)12-11-17-9-5-6-10-18(17)15-21/h5-6,9-10H,3-4,7-8,11-16H2,1-2H3. The Kier molecular flexibility index (Phi) is 5.57. The Morgan fingerprint density at radius 2 is 1.76 bits per heavy atom. The number of imide groups is 1. The van der Waals surface area contributed by atoms with Gasteiger partial charge in [0.25, 0.3) is 0 Å². The molecule has 1 aliphatic carbocycles. The molecule has 1 saturated heterocycles. The number of aryl methyl sites for hydroxylation is 1. The predicted molar refractivity (Wildman–Crippen MR) is 99.3 cm³/mol. The second-order valence-corrected chi connectivity index (χ2v) is 7.49. The van der Waals surface area contributed by atoms with Gasteiger partial charge in [-0.2, -0.15) is 0 Å². The topological polar surface area (TPSA) is 40.6 Å². The molecule has 3 rings (SSSR count). The lowest BCUT2D eigenvalue weighted by Crippen LogP contribution is -2.39. The molecule has 0 N–H and O–H groups in total. The van der Waals surface area contributed by atoms with Crippen LogP contribution >= 0.6 is 0 Å². The maximum absolute atomic E-state index is 13.0. The van der Waals surface area contributed by atoms with E-state index in [4.69, 9.17) is 0 Å². The van der Waals surface area contributed by atoms with Crippen LogP contribution in [0.15, 0.2) is 24.3 Å². The Morgan fingerprint density at radius 3 is 2.48 bits per heavy atom. The van der Waals surface area contributed by atoms with E-state index in [-0.39, 0.29) is 11.8 Å². The number of fused-ring (bicyclic) bond motifs is 1. The minimum atomic E-state index is -0.468. The SMILES string of the molecule is CCN(CC)CCCCN1C(=O)CC2(CCc3ccccc3C2)C1=O. The fourth-order valence-corrected chi connectivity index (χ4v) is 4.37. The Labute approximate surface area is 151 Å². The summed E-state index contributed by atoms with van der Waals surface area (Å²) in [5.74, 6) is 0.113. The zero-order valence-electron chi connectivity index (χ0n) is 15.6. The first-order valence-corrected chi connectivity index (χ1v) is 9.73. The van der Waals surface area contributed by atoms with E-state index in [0.29, 0.717) is 13.0 Å². The molecule has 2 aliphatic rings. The highest BCUT2D eigenvalue weighted by atomic mass is 16.2. The van der Waals surface area contributed by atoms with Crippen molar-refractivity contribution in [3.8, 4) is 0 Å². The maximum Gasteiger partial charge on any atom is 0.236 e. The molecule has 0 bridgehead atoms. The van der Waals surface area contributed by atoms with Gasteiger partial charge in [0.1, 0.15) is 0 Å². The van der Waals surface area contributed by atoms with Crippen molar-refractivity contribution >= 4 is 11.8 Å².